The summed E-state index contributed by atoms with van der Waals surface area (Å²) in [4.78, 5) is 0. The van der Waals surface area contributed by atoms with Crippen LogP contribution in [-0.4, -0.2) is 54.4 Å². The Labute approximate surface area is 78.1 Å². The minimum Gasteiger partial charge on any atom is -0.395 e. The number of hydrogen-bond acceptors (Lipinski definition) is 3. The summed E-state index contributed by atoms with van der Waals surface area (Å²) in [6, 6.07) is 0.163. The standard InChI is InChI=1S/C7H14N2O3S/c10-5-4-8-6-7-2-1-3-9(7)13(8,11)12/h7,10H,1-6H2/t7-/m0/s1. The van der Waals surface area contributed by atoms with Gasteiger partial charge in [-0.15, -0.1) is 0 Å². The lowest BCUT2D eigenvalue weighted by Gasteiger charge is -2.15. The number of nitrogens with zero attached hydrogens (tertiary/aromatic N) is 2. The SMILES string of the molecule is O=S1(=O)N(CCO)C[C@@H]2CCCN21. The summed E-state index contributed by atoms with van der Waals surface area (Å²) in [6.45, 7) is 1.34. The first-order chi connectivity index (χ1) is 6.16. The monoisotopic (exact) mass is 206 g/mol. The molecule has 0 aromatic carbocycles. The van der Waals surface area contributed by atoms with E-state index < -0.39 is 10.2 Å². The number of fused-ring (bicyclic) bond motifs is 1. The first-order valence-electron chi connectivity index (χ1n) is 4.54. The fraction of sp³-hybridized carbons (Fsp3) is 1.00. The summed E-state index contributed by atoms with van der Waals surface area (Å²) >= 11 is 0. The molecule has 2 aliphatic rings. The zero-order valence-corrected chi connectivity index (χ0v) is 8.20. The van der Waals surface area contributed by atoms with Crippen LogP contribution in [0.5, 0.6) is 0 Å². The lowest BCUT2D eigenvalue weighted by molar-refractivity contribution is 0.256. The smallest absolute Gasteiger partial charge is 0.282 e. The van der Waals surface area contributed by atoms with Gasteiger partial charge in [-0.1, -0.05) is 0 Å². The van der Waals surface area contributed by atoms with Gasteiger partial charge in [0.2, 0.25) is 0 Å². The second-order valence-corrected chi connectivity index (χ2v) is 5.38. The van der Waals surface area contributed by atoms with Crippen LogP contribution in [0.4, 0.5) is 0 Å². The molecule has 1 N–H and O–H groups in total. The predicted octanol–water partition coefficient (Wildman–Crippen LogP) is -0.996. The molecule has 0 aromatic heterocycles. The molecule has 0 spiro atoms. The van der Waals surface area contributed by atoms with Gasteiger partial charge < -0.3 is 5.11 Å². The molecule has 5 nitrogen and oxygen atoms in total. The van der Waals surface area contributed by atoms with Crippen LogP contribution < -0.4 is 0 Å². The Morgan fingerprint density at radius 3 is 2.85 bits per heavy atom. The minimum atomic E-state index is -3.22. The highest BCUT2D eigenvalue weighted by Crippen LogP contribution is 2.30. The van der Waals surface area contributed by atoms with Gasteiger partial charge in [0.05, 0.1) is 6.61 Å². The van der Waals surface area contributed by atoms with Crippen molar-refractivity contribution in [1.82, 2.24) is 8.61 Å². The maximum absolute atomic E-state index is 11.7. The maximum Gasteiger partial charge on any atom is 0.282 e. The molecule has 0 radical (unpaired) electrons. The van der Waals surface area contributed by atoms with Gasteiger partial charge in [-0.25, -0.2) is 0 Å². The first kappa shape index (κ1) is 9.39. The molecule has 0 unspecified atom stereocenters. The highest BCUT2D eigenvalue weighted by molar-refractivity contribution is 7.87. The number of hydrogen-bond donors (Lipinski definition) is 1. The molecule has 0 aromatic rings. The summed E-state index contributed by atoms with van der Waals surface area (Å²) in [7, 11) is -3.22. The van der Waals surface area contributed by atoms with Crippen LogP contribution in [0.15, 0.2) is 0 Å². The number of rotatable bonds is 2. The third kappa shape index (κ3) is 1.38. The van der Waals surface area contributed by atoms with Gasteiger partial charge in [-0.2, -0.15) is 17.0 Å². The van der Waals surface area contributed by atoms with Crippen molar-refractivity contribution in [2.45, 2.75) is 18.9 Å². The van der Waals surface area contributed by atoms with Gasteiger partial charge in [0.15, 0.2) is 0 Å². The first-order valence-corrected chi connectivity index (χ1v) is 5.94. The predicted molar refractivity (Wildman–Crippen MR) is 47.3 cm³/mol. The molecule has 0 aliphatic carbocycles. The molecule has 1 atom stereocenters. The van der Waals surface area contributed by atoms with Gasteiger partial charge in [-0.05, 0) is 12.8 Å². The van der Waals surface area contributed by atoms with Crippen LogP contribution in [-0.2, 0) is 10.2 Å². The van der Waals surface area contributed by atoms with E-state index in [-0.39, 0.29) is 19.2 Å². The van der Waals surface area contributed by atoms with Crippen molar-refractivity contribution in [3.05, 3.63) is 0 Å². The van der Waals surface area contributed by atoms with E-state index in [1.165, 1.54) is 4.31 Å². The Bertz CT molecular complexity index is 290. The van der Waals surface area contributed by atoms with Gasteiger partial charge in [-0.3, -0.25) is 0 Å². The molecule has 0 bridgehead atoms. The third-order valence-corrected chi connectivity index (χ3v) is 4.77. The summed E-state index contributed by atoms with van der Waals surface area (Å²) < 4.78 is 26.3. The van der Waals surface area contributed by atoms with Crippen LogP contribution in [0.25, 0.3) is 0 Å². The van der Waals surface area contributed by atoms with Crippen molar-refractivity contribution >= 4 is 10.2 Å². The minimum absolute atomic E-state index is 0.0974. The lowest BCUT2D eigenvalue weighted by Crippen LogP contribution is -2.34. The van der Waals surface area contributed by atoms with E-state index in [0.717, 1.165) is 12.8 Å². The van der Waals surface area contributed by atoms with E-state index in [1.54, 1.807) is 4.31 Å². The third-order valence-electron chi connectivity index (χ3n) is 2.71. The zero-order valence-electron chi connectivity index (χ0n) is 7.39. The average Bonchev–Trinajstić information content (AvgIpc) is 2.58. The van der Waals surface area contributed by atoms with Crippen molar-refractivity contribution < 1.29 is 13.5 Å². The van der Waals surface area contributed by atoms with E-state index in [0.29, 0.717) is 13.1 Å². The van der Waals surface area contributed by atoms with Crippen molar-refractivity contribution in [1.29, 1.82) is 0 Å². The van der Waals surface area contributed by atoms with Gasteiger partial charge in [0, 0.05) is 25.7 Å². The summed E-state index contributed by atoms with van der Waals surface area (Å²) in [5.74, 6) is 0. The molecule has 6 heteroatoms. The Balaban J connectivity index is 2.19. The molecule has 2 rings (SSSR count). The molecular formula is C7H14N2O3S. The van der Waals surface area contributed by atoms with E-state index in [1.807, 2.05) is 0 Å². The molecule has 0 saturated carbocycles. The van der Waals surface area contributed by atoms with Crippen LogP contribution in [0.2, 0.25) is 0 Å². The zero-order chi connectivity index (χ0) is 9.47. The number of aliphatic hydroxyl groups excluding tert-OH is 1. The topological polar surface area (TPSA) is 60.9 Å². The molecular weight excluding hydrogens is 192 g/mol. The highest BCUT2D eigenvalue weighted by Gasteiger charge is 2.45. The Hall–Kier alpha value is -0.170. The van der Waals surface area contributed by atoms with Crippen LogP contribution >= 0.6 is 0 Å². The summed E-state index contributed by atoms with van der Waals surface area (Å²) in [5.41, 5.74) is 0. The fourth-order valence-electron chi connectivity index (χ4n) is 2.09. The summed E-state index contributed by atoms with van der Waals surface area (Å²) in [5, 5.41) is 8.70. The highest BCUT2D eigenvalue weighted by atomic mass is 32.2. The van der Waals surface area contributed by atoms with Crippen LogP contribution in [0.3, 0.4) is 0 Å². The van der Waals surface area contributed by atoms with Crippen molar-refractivity contribution in [3.8, 4) is 0 Å². The van der Waals surface area contributed by atoms with Gasteiger partial charge >= 0.3 is 0 Å². The quantitative estimate of drug-likeness (QED) is 0.630. The Morgan fingerprint density at radius 1 is 1.46 bits per heavy atom. The largest absolute Gasteiger partial charge is 0.395 e. The fourth-order valence-corrected chi connectivity index (χ4v) is 3.97. The van der Waals surface area contributed by atoms with E-state index >= 15 is 0 Å². The van der Waals surface area contributed by atoms with Crippen molar-refractivity contribution in [2.75, 3.05) is 26.2 Å². The van der Waals surface area contributed by atoms with E-state index in [2.05, 4.69) is 0 Å². The molecule has 2 saturated heterocycles. The summed E-state index contributed by atoms with van der Waals surface area (Å²) in [6.07, 6.45) is 1.93. The average molecular weight is 206 g/mol. The van der Waals surface area contributed by atoms with Crippen LogP contribution in [0, 0.1) is 0 Å². The number of aliphatic hydroxyl groups is 1. The molecule has 0 amide bonds. The maximum atomic E-state index is 11.7. The van der Waals surface area contributed by atoms with Crippen LogP contribution in [0.1, 0.15) is 12.8 Å². The van der Waals surface area contributed by atoms with Crippen molar-refractivity contribution in [2.24, 2.45) is 0 Å². The van der Waals surface area contributed by atoms with Gasteiger partial charge in [0.1, 0.15) is 0 Å². The lowest BCUT2D eigenvalue weighted by atomic mass is 10.2. The van der Waals surface area contributed by atoms with Crippen molar-refractivity contribution in [3.63, 3.8) is 0 Å². The molecule has 2 heterocycles. The van der Waals surface area contributed by atoms with E-state index in [9.17, 15) is 8.42 Å². The molecule has 2 fully saturated rings. The Kier molecular flexibility index (Phi) is 2.31. The number of β-amino-alcohol motifs (C(OH)–C–C–N with tert-alkyl or cyclic N) is 1. The molecule has 76 valence electrons. The molecule has 2 aliphatic heterocycles. The van der Waals surface area contributed by atoms with Gasteiger partial charge in [0.25, 0.3) is 10.2 Å². The second-order valence-electron chi connectivity index (χ2n) is 3.50. The molecule has 13 heavy (non-hydrogen) atoms. The second kappa shape index (κ2) is 3.20. The van der Waals surface area contributed by atoms with E-state index in [4.69, 9.17) is 5.11 Å². The Morgan fingerprint density at radius 2 is 2.23 bits per heavy atom. The normalized spacial score (nSPS) is 33.8.